The molecule has 2 aliphatic rings. The fourth-order valence-electron chi connectivity index (χ4n) is 3.16. The predicted molar refractivity (Wildman–Crippen MR) is 72.6 cm³/mol. The van der Waals surface area contributed by atoms with Crippen molar-refractivity contribution in [2.45, 2.75) is 45.3 Å². The lowest BCUT2D eigenvalue weighted by Crippen LogP contribution is -2.59. The van der Waals surface area contributed by atoms with E-state index in [4.69, 9.17) is 15.2 Å². The summed E-state index contributed by atoms with van der Waals surface area (Å²) < 4.78 is 11.6. The molecule has 19 heavy (non-hydrogen) atoms. The van der Waals surface area contributed by atoms with Crippen LogP contribution in [0.25, 0.3) is 0 Å². The molecule has 2 saturated heterocycles. The van der Waals surface area contributed by atoms with E-state index >= 15 is 0 Å². The third-order valence-electron chi connectivity index (χ3n) is 4.22. The lowest BCUT2D eigenvalue weighted by Gasteiger charge is -2.37. The highest BCUT2D eigenvalue weighted by Crippen LogP contribution is 2.33. The van der Waals surface area contributed by atoms with Crippen LogP contribution in [0.3, 0.4) is 0 Å². The molecule has 0 radical (unpaired) electrons. The molecule has 1 unspecified atom stereocenters. The number of carbonyl (C=O) groups is 1. The van der Waals surface area contributed by atoms with Crippen LogP contribution in [0.2, 0.25) is 0 Å². The lowest BCUT2D eigenvalue weighted by molar-refractivity contribution is -0.871. The Morgan fingerprint density at radius 1 is 1.42 bits per heavy atom. The highest BCUT2D eigenvalue weighted by molar-refractivity contribution is 5.61. The quantitative estimate of drug-likeness (QED) is 0.773. The maximum absolute atomic E-state index is 12.7. The molecule has 0 saturated carbocycles. The van der Waals surface area contributed by atoms with Gasteiger partial charge in [0.05, 0.1) is 26.3 Å². The molecule has 5 heteroatoms. The molecule has 0 aromatic heterocycles. The standard InChI is InChI=1S/C14H27N2O3/c1-14(2,3)19-13(17)16(12-5-7-18-10-12)6-4-11(8-15)9-16/h11-12H,4-10,15H2,1-3H3/q+1/t11-,12+,16?/m1/s1. The first-order chi connectivity index (χ1) is 8.87. The van der Waals surface area contributed by atoms with E-state index in [1.54, 1.807) is 0 Å². The van der Waals surface area contributed by atoms with Crippen molar-refractivity contribution in [1.82, 2.24) is 0 Å². The Morgan fingerprint density at radius 2 is 2.16 bits per heavy atom. The molecule has 0 bridgehead atoms. The number of rotatable bonds is 2. The summed E-state index contributed by atoms with van der Waals surface area (Å²) in [5, 5.41) is 0. The second-order valence-corrected chi connectivity index (χ2v) is 6.83. The van der Waals surface area contributed by atoms with E-state index in [-0.39, 0.29) is 12.1 Å². The van der Waals surface area contributed by atoms with Crippen LogP contribution < -0.4 is 5.73 Å². The van der Waals surface area contributed by atoms with E-state index < -0.39 is 5.60 Å². The summed E-state index contributed by atoms with van der Waals surface area (Å²) in [6.45, 7) is 9.47. The average Bonchev–Trinajstić information content (AvgIpc) is 2.96. The molecule has 1 amide bonds. The minimum atomic E-state index is -0.442. The zero-order chi connectivity index (χ0) is 14.1. The first kappa shape index (κ1) is 14.8. The van der Waals surface area contributed by atoms with Crippen LogP contribution in [-0.2, 0) is 9.47 Å². The first-order valence-corrected chi connectivity index (χ1v) is 7.25. The Hall–Kier alpha value is -0.650. The van der Waals surface area contributed by atoms with Crippen molar-refractivity contribution in [3.8, 4) is 0 Å². The Kier molecular flexibility index (Phi) is 4.18. The van der Waals surface area contributed by atoms with Gasteiger partial charge in [-0.1, -0.05) is 0 Å². The third-order valence-corrected chi connectivity index (χ3v) is 4.22. The van der Waals surface area contributed by atoms with Gasteiger partial charge in [0, 0.05) is 25.3 Å². The summed E-state index contributed by atoms with van der Waals surface area (Å²) >= 11 is 0. The normalized spacial score (nSPS) is 35.6. The lowest BCUT2D eigenvalue weighted by atomic mass is 10.1. The molecule has 0 aromatic rings. The van der Waals surface area contributed by atoms with Gasteiger partial charge in [0.2, 0.25) is 0 Å². The molecule has 110 valence electrons. The van der Waals surface area contributed by atoms with Gasteiger partial charge in [0.1, 0.15) is 11.6 Å². The number of nitrogens with zero attached hydrogens (tertiary/aromatic N) is 1. The van der Waals surface area contributed by atoms with Crippen molar-refractivity contribution in [3.63, 3.8) is 0 Å². The summed E-state index contributed by atoms with van der Waals surface area (Å²) in [7, 11) is 0. The highest BCUT2D eigenvalue weighted by atomic mass is 16.6. The van der Waals surface area contributed by atoms with Crippen molar-refractivity contribution in [2.75, 3.05) is 32.8 Å². The number of likely N-dealkylation sites (tertiary alicyclic amines) is 1. The van der Waals surface area contributed by atoms with Crippen LogP contribution in [-0.4, -0.2) is 55.1 Å². The second kappa shape index (κ2) is 5.38. The average molecular weight is 271 g/mol. The minimum Gasteiger partial charge on any atom is -0.414 e. The van der Waals surface area contributed by atoms with Gasteiger partial charge in [0.25, 0.3) is 0 Å². The Bertz CT molecular complexity index is 334. The van der Waals surface area contributed by atoms with E-state index in [0.717, 1.165) is 32.5 Å². The van der Waals surface area contributed by atoms with Crippen LogP contribution in [0, 0.1) is 5.92 Å². The van der Waals surface area contributed by atoms with Crippen LogP contribution in [0.4, 0.5) is 4.79 Å². The number of quaternary nitrogens is 1. The van der Waals surface area contributed by atoms with Gasteiger partial charge in [-0.3, -0.25) is 0 Å². The van der Waals surface area contributed by atoms with Gasteiger partial charge in [0.15, 0.2) is 0 Å². The molecular weight excluding hydrogens is 244 g/mol. The maximum atomic E-state index is 12.7. The van der Waals surface area contributed by atoms with Gasteiger partial charge < -0.3 is 15.2 Å². The van der Waals surface area contributed by atoms with Gasteiger partial charge in [-0.15, -0.1) is 0 Å². The zero-order valence-electron chi connectivity index (χ0n) is 12.4. The molecule has 0 aromatic carbocycles. The van der Waals surface area contributed by atoms with Crippen LogP contribution >= 0.6 is 0 Å². The van der Waals surface area contributed by atoms with E-state index in [1.807, 2.05) is 20.8 Å². The molecular formula is C14H27N2O3+. The number of hydrogen-bond acceptors (Lipinski definition) is 4. The van der Waals surface area contributed by atoms with E-state index in [1.165, 1.54) is 0 Å². The fourth-order valence-corrected chi connectivity index (χ4v) is 3.16. The van der Waals surface area contributed by atoms with Crippen molar-refractivity contribution >= 4 is 6.09 Å². The Labute approximate surface area is 115 Å². The number of carbonyl (C=O) groups excluding carboxylic acids is 1. The van der Waals surface area contributed by atoms with Crippen molar-refractivity contribution < 1.29 is 18.8 Å². The zero-order valence-corrected chi connectivity index (χ0v) is 12.4. The summed E-state index contributed by atoms with van der Waals surface area (Å²) in [6.07, 6.45) is 1.85. The van der Waals surface area contributed by atoms with Crippen molar-refractivity contribution in [3.05, 3.63) is 0 Å². The molecule has 2 rings (SSSR count). The van der Waals surface area contributed by atoms with E-state index in [2.05, 4.69) is 0 Å². The van der Waals surface area contributed by atoms with Crippen LogP contribution in [0.1, 0.15) is 33.6 Å². The summed E-state index contributed by atoms with van der Waals surface area (Å²) in [5.41, 5.74) is 5.35. The number of ether oxygens (including phenoxy) is 2. The Morgan fingerprint density at radius 3 is 2.63 bits per heavy atom. The SMILES string of the molecule is CC(C)(C)OC(=O)[N+]1([C@H]2CCOC2)CC[C@H](CN)C1. The van der Waals surface area contributed by atoms with Gasteiger partial charge in [-0.05, 0) is 20.8 Å². The number of amides is 1. The topological polar surface area (TPSA) is 61.5 Å². The third kappa shape index (κ3) is 3.09. The largest absolute Gasteiger partial charge is 0.516 e. The van der Waals surface area contributed by atoms with Gasteiger partial charge in [-0.25, -0.2) is 4.48 Å². The fraction of sp³-hybridized carbons (Fsp3) is 0.929. The smallest absolute Gasteiger partial charge is 0.414 e. The minimum absolute atomic E-state index is 0.0982. The summed E-state index contributed by atoms with van der Waals surface area (Å²) in [5.74, 6) is 0.424. The molecule has 2 fully saturated rings. The van der Waals surface area contributed by atoms with Gasteiger partial charge >= 0.3 is 6.09 Å². The molecule has 0 spiro atoms. The second-order valence-electron chi connectivity index (χ2n) is 6.83. The molecule has 5 nitrogen and oxygen atoms in total. The number of hydrogen-bond donors (Lipinski definition) is 1. The molecule has 0 aliphatic carbocycles. The van der Waals surface area contributed by atoms with E-state index in [0.29, 0.717) is 23.6 Å². The first-order valence-electron chi connectivity index (χ1n) is 7.25. The van der Waals surface area contributed by atoms with E-state index in [9.17, 15) is 4.79 Å². The molecule has 2 heterocycles. The highest BCUT2D eigenvalue weighted by Gasteiger charge is 2.53. The van der Waals surface area contributed by atoms with Crippen molar-refractivity contribution in [2.24, 2.45) is 11.7 Å². The number of nitrogens with two attached hydrogens (primary N) is 1. The summed E-state index contributed by atoms with van der Waals surface area (Å²) in [4.78, 5) is 12.7. The van der Waals surface area contributed by atoms with Crippen LogP contribution in [0.15, 0.2) is 0 Å². The monoisotopic (exact) mass is 271 g/mol. The molecule has 2 N–H and O–H groups in total. The maximum Gasteiger partial charge on any atom is 0.516 e. The van der Waals surface area contributed by atoms with Crippen LogP contribution in [0.5, 0.6) is 0 Å². The summed E-state index contributed by atoms with van der Waals surface area (Å²) in [6, 6.07) is 0.242. The molecule has 3 atom stereocenters. The van der Waals surface area contributed by atoms with Gasteiger partial charge in [-0.2, -0.15) is 4.79 Å². The predicted octanol–water partition coefficient (Wildman–Crippen LogP) is 1.51. The van der Waals surface area contributed by atoms with Crippen molar-refractivity contribution in [1.29, 1.82) is 0 Å². The molecule has 2 aliphatic heterocycles. The Balaban J connectivity index is 2.17.